The molecule has 0 bridgehead atoms. The van der Waals surface area contributed by atoms with Crippen LogP contribution in [0, 0.1) is 0 Å². The Balaban J connectivity index is 2.49. The van der Waals surface area contributed by atoms with E-state index in [-0.39, 0.29) is 0 Å². The summed E-state index contributed by atoms with van der Waals surface area (Å²) in [6.07, 6.45) is 3.31. The van der Waals surface area contributed by atoms with Crippen LogP contribution in [0.4, 0.5) is 0 Å². The summed E-state index contributed by atoms with van der Waals surface area (Å²) in [7, 11) is 0. The molecule has 0 aliphatic carbocycles. The van der Waals surface area contributed by atoms with E-state index in [0.29, 0.717) is 0 Å². The molecule has 2 heteroatoms. The van der Waals surface area contributed by atoms with Crippen LogP contribution in [0.5, 0.6) is 0 Å². The molecule has 0 nitrogen and oxygen atoms in total. The molecule has 0 saturated heterocycles. The standard InChI is InChI=1S/C6H9S2/c1-2-6-7-4-3-5-8-6/h2H,1,3-5H2/q+1. The van der Waals surface area contributed by atoms with Crippen LogP contribution in [0.25, 0.3) is 0 Å². The van der Waals surface area contributed by atoms with E-state index in [9.17, 15) is 0 Å². The van der Waals surface area contributed by atoms with Gasteiger partial charge in [-0.1, -0.05) is 18.3 Å². The third-order valence-electron chi connectivity index (χ3n) is 0.944. The second-order valence-corrected chi connectivity index (χ2v) is 4.11. The van der Waals surface area contributed by atoms with Crippen molar-refractivity contribution in [3.8, 4) is 0 Å². The second-order valence-electron chi connectivity index (χ2n) is 1.57. The molecule has 0 saturated carbocycles. The minimum absolute atomic E-state index is 1.29. The minimum Gasteiger partial charge on any atom is -0.0929 e. The van der Waals surface area contributed by atoms with E-state index in [1.54, 1.807) is 0 Å². The van der Waals surface area contributed by atoms with Crippen molar-refractivity contribution in [3.05, 3.63) is 12.7 Å². The fraction of sp³-hybridized carbons (Fsp3) is 0.500. The zero-order chi connectivity index (χ0) is 5.82. The molecule has 0 aromatic heterocycles. The SMILES string of the molecule is C=CC1=[S+]CCCS1. The molecule has 0 fully saturated rings. The number of thioether (sulfide) groups is 1. The Hall–Kier alpha value is 0.180. The first-order valence-corrected chi connectivity index (χ1v) is 4.65. The molecule has 1 aliphatic heterocycles. The largest absolute Gasteiger partial charge is 0.257 e. The lowest BCUT2D eigenvalue weighted by Crippen LogP contribution is -2.01. The highest BCUT2D eigenvalue weighted by Crippen LogP contribution is 2.10. The Morgan fingerprint density at radius 3 is 3.00 bits per heavy atom. The van der Waals surface area contributed by atoms with Crippen molar-refractivity contribution in [1.29, 1.82) is 0 Å². The van der Waals surface area contributed by atoms with Gasteiger partial charge in [0, 0.05) is 18.2 Å². The Kier molecular flexibility index (Phi) is 2.56. The third kappa shape index (κ3) is 1.60. The topological polar surface area (TPSA) is 0 Å². The van der Waals surface area contributed by atoms with Gasteiger partial charge in [-0.05, 0) is 0 Å². The quantitative estimate of drug-likeness (QED) is 0.306. The molecule has 0 spiro atoms. The Bertz CT molecular complexity index is 116. The van der Waals surface area contributed by atoms with Gasteiger partial charge in [0.1, 0.15) is 0 Å². The lowest BCUT2D eigenvalue weighted by atomic mass is 10.6. The fourth-order valence-electron chi connectivity index (χ4n) is 0.564. The molecule has 1 rings (SSSR count). The summed E-state index contributed by atoms with van der Waals surface area (Å²) in [5.41, 5.74) is 0. The maximum absolute atomic E-state index is 3.71. The lowest BCUT2D eigenvalue weighted by molar-refractivity contribution is 1.13. The van der Waals surface area contributed by atoms with Gasteiger partial charge in [-0.3, -0.25) is 0 Å². The molecule has 0 unspecified atom stereocenters. The van der Waals surface area contributed by atoms with Gasteiger partial charge < -0.3 is 0 Å². The number of hydrogen-bond donors (Lipinski definition) is 0. The molecule has 0 aromatic carbocycles. The van der Waals surface area contributed by atoms with Crippen molar-refractivity contribution < 1.29 is 0 Å². The smallest absolute Gasteiger partial charge is 0.0929 e. The summed E-state index contributed by atoms with van der Waals surface area (Å²) >= 11 is 3.85. The molecule has 1 aliphatic rings. The minimum atomic E-state index is 1.29. The lowest BCUT2D eigenvalue weighted by Gasteiger charge is -1.93. The van der Waals surface area contributed by atoms with Crippen LogP contribution in [0.1, 0.15) is 6.42 Å². The Morgan fingerprint density at radius 1 is 1.75 bits per heavy atom. The predicted molar refractivity (Wildman–Crippen MR) is 44.5 cm³/mol. The average molecular weight is 145 g/mol. The van der Waals surface area contributed by atoms with Gasteiger partial charge in [-0.25, -0.2) is 0 Å². The zero-order valence-electron chi connectivity index (χ0n) is 4.72. The van der Waals surface area contributed by atoms with Gasteiger partial charge in [-0.2, -0.15) is 0 Å². The molecular weight excluding hydrogens is 136 g/mol. The van der Waals surface area contributed by atoms with E-state index in [4.69, 9.17) is 0 Å². The Labute approximate surface area is 58.3 Å². The average Bonchev–Trinajstić information content (AvgIpc) is 1.90. The van der Waals surface area contributed by atoms with Gasteiger partial charge in [0.2, 0.25) is 0 Å². The summed E-state index contributed by atoms with van der Waals surface area (Å²) < 4.78 is 1.40. The summed E-state index contributed by atoms with van der Waals surface area (Å²) in [6.45, 7) is 3.71. The van der Waals surface area contributed by atoms with Gasteiger partial charge in [0.25, 0.3) is 4.20 Å². The Morgan fingerprint density at radius 2 is 2.62 bits per heavy atom. The molecule has 0 amide bonds. The van der Waals surface area contributed by atoms with Crippen LogP contribution in [0.3, 0.4) is 0 Å². The van der Waals surface area contributed by atoms with Crippen molar-refractivity contribution in [2.75, 3.05) is 11.5 Å². The first kappa shape index (κ1) is 6.30. The van der Waals surface area contributed by atoms with Crippen LogP contribution < -0.4 is 0 Å². The molecular formula is C6H9S2+. The molecule has 0 N–H and O–H groups in total. The van der Waals surface area contributed by atoms with E-state index in [2.05, 4.69) is 6.58 Å². The van der Waals surface area contributed by atoms with E-state index in [0.717, 1.165) is 0 Å². The summed E-state index contributed by atoms with van der Waals surface area (Å²) in [5, 5.41) is 0. The first-order chi connectivity index (χ1) is 3.93. The zero-order valence-corrected chi connectivity index (χ0v) is 6.36. The third-order valence-corrected chi connectivity index (χ3v) is 3.54. The van der Waals surface area contributed by atoms with E-state index >= 15 is 0 Å². The van der Waals surface area contributed by atoms with Gasteiger partial charge in [0.15, 0.2) is 17.1 Å². The fourth-order valence-corrected chi connectivity index (χ4v) is 2.80. The van der Waals surface area contributed by atoms with Gasteiger partial charge >= 0.3 is 0 Å². The molecule has 8 heavy (non-hydrogen) atoms. The van der Waals surface area contributed by atoms with Crippen molar-refractivity contribution in [2.24, 2.45) is 0 Å². The van der Waals surface area contributed by atoms with Crippen molar-refractivity contribution >= 4 is 27.3 Å². The van der Waals surface area contributed by atoms with Gasteiger partial charge in [0.05, 0.1) is 0 Å². The molecule has 0 aromatic rings. The molecule has 1 heterocycles. The summed E-state index contributed by atoms with van der Waals surface area (Å²) in [6, 6.07) is 0. The van der Waals surface area contributed by atoms with E-state index < -0.39 is 0 Å². The van der Waals surface area contributed by atoms with Crippen molar-refractivity contribution in [1.82, 2.24) is 0 Å². The summed E-state index contributed by atoms with van der Waals surface area (Å²) in [4.78, 5) is 0. The molecule has 0 atom stereocenters. The summed E-state index contributed by atoms with van der Waals surface area (Å²) in [5.74, 6) is 2.57. The van der Waals surface area contributed by atoms with E-state index in [1.165, 1.54) is 22.1 Å². The second kappa shape index (κ2) is 3.25. The first-order valence-electron chi connectivity index (χ1n) is 2.68. The van der Waals surface area contributed by atoms with Crippen LogP contribution in [-0.2, 0) is 11.4 Å². The maximum Gasteiger partial charge on any atom is 0.257 e. The highest BCUT2D eigenvalue weighted by molar-refractivity contribution is 8.23. The normalized spacial score (nSPS) is 19.8. The van der Waals surface area contributed by atoms with Crippen LogP contribution in [0.15, 0.2) is 12.7 Å². The number of hydrogen-bond acceptors (Lipinski definition) is 1. The monoisotopic (exact) mass is 145 g/mol. The van der Waals surface area contributed by atoms with Crippen LogP contribution in [-0.4, -0.2) is 15.7 Å². The van der Waals surface area contributed by atoms with Crippen molar-refractivity contribution in [3.63, 3.8) is 0 Å². The van der Waals surface area contributed by atoms with Crippen LogP contribution >= 0.6 is 11.8 Å². The number of rotatable bonds is 1. The van der Waals surface area contributed by atoms with Crippen LogP contribution in [0.2, 0.25) is 0 Å². The van der Waals surface area contributed by atoms with Crippen molar-refractivity contribution in [2.45, 2.75) is 6.42 Å². The highest BCUT2D eigenvalue weighted by Gasteiger charge is 2.11. The molecule has 0 radical (unpaired) electrons. The van der Waals surface area contributed by atoms with Gasteiger partial charge in [-0.15, -0.1) is 0 Å². The predicted octanol–water partition coefficient (Wildman–Crippen LogP) is 1.52. The highest BCUT2D eigenvalue weighted by atomic mass is 32.2. The van der Waals surface area contributed by atoms with E-state index in [1.807, 2.05) is 29.2 Å². The maximum atomic E-state index is 3.71. The molecule has 44 valence electrons.